The highest BCUT2D eigenvalue weighted by molar-refractivity contribution is 5.94. The minimum atomic E-state index is 0.0640. The molecule has 2 unspecified atom stereocenters. The fourth-order valence-electron chi connectivity index (χ4n) is 3.34. The lowest BCUT2D eigenvalue weighted by Gasteiger charge is -2.35. The normalized spacial score (nSPS) is 19.5. The van der Waals surface area contributed by atoms with E-state index in [0.29, 0.717) is 24.2 Å². The summed E-state index contributed by atoms with van der Waals surface area (Å²) in [6.07, 6.45) is 0.145. The van der Waals surface area contributed by atoms with Gasteiger partial charge in [-0.15, -0.1) is 0 Å². The summed E-state index contributed by atoms with van der Waals surface area (Å²) in [4.78, 5) is 14.6. The van der Waals surface area contributed by atoms with Gasteiger partial charge in [0.15, 0.2) is 0 Å². The molecule has 1 aliphatic heterocycles. The Hall–Kier alpha value is -2.68. The Labute approximate surface area is 160 Å². The smallest absolute Gasteiger partial charge is 0.254 e. The van der Waals surface area contributed by atoms with Crippen LogP contribution in [0.2, 0.25) is 0 Å². The summed E-state index contributed by atoms with van der Waals surface area (Å²) in [5.74, 6) is 0.0640. The Morgan fingerprint density at radius 1 is 1.04 bits per heavy atom. The molecule has 5 heteroatoms. The molecule has 0 aliphatic carbocycles. The van der Waals surface area contributed by atoms with Crippen LogP contribution in [0.1, 0.15) is 40.9 Å². The Morgan fingerprint density at radius 3 is 2.07 bits per heavy atom. The Kier molecular flexibility index (Phi) is 6.23. The summed E-state index contributed by atoms with van der Waals surface area (Å²) >= 11 is 0. The van der Waals surface area contributed by atoms with Gasteiger partial charge in [0.1, 0.15) is 0 Å². The fourth-order valence-corrected chi connectivity index (χ4v) is 3.34. The fraction of sp³-hybridized carbons (Fsp3) is 0.364. The van der Waals surface area contributed by atoms with E-state index in [0.717, 1.165) is 24.2 Å². The SMILES string of the molecule is CC1CN(C(=O)c2ccc(CNCc3ccc(C#N)cc3)cc2)CC(C)O1. The molecule has 0 saturated carbocycles. The third-order valence-electron chi connectivity index (χ3n) is 4.65. The zero-order valence-corrected chi connectivity index (χ0v) is 15.8. The van der Waals surface area contributed by atoms with E-state index in [1.54, 1.807) is 0 Å². The van der Waals surface area contributed by atoms with Crippen LogP contribution >= 0.6 is 0 Å². The number of hydrogen-bond donors (Lipinski definition) is 1. The molecule has 2 atom stereocenters. The van der Waals surface area contributed by atoms with Gasteiger partial charge in [-0.1, -0.05) is 24.3 Å². The largest absolute Gasteiger partial charge is 0.372 e. The summed E-state index contributed by atoms with van der Waals surface area (Å²) < 4.78 is 5.70. The van der Waals surface area contributed by atoms with Gasteiger partial charge in [-0.25, -0.2) is 0 Å². The van der Waals surface area contributed by atoms with Crippen molar-refractivity contribution in [2.45, 2.75) is 39.1 Å². The lowest BCUT2D eigenvalue weighted by molar-refractivity contribution is -0.0586. The van der Waals surface area contributed by atoms with Crippen LogP contribution in [0.25, 0.3) is 0 Å². The molecule has 1 heterocycles. The molecule has 0 bridgehead atoms. The monoisotopic (exact) mass is 363 g/mol. The van der Waals surface area contributed by atoms with Gasteiger partial charge in [-0.2, -0.15) is 5.26 Å². The summed E-state index contributed by atoms with van der Waals surface area (Å²) in [6.45, 7) is 6.72. The average Bonchev–Trinajstić information content (AvgIpc) is 2.68. The highest BCUT2D eigenvalue weighted by atomic mass is 16.5. The van der Waals surface area contributed by atoms with Gasteiger partial charge in [0, 0.05) is 31.7 Å². The quantitative estimate of drug-likeness (QED) is 0.886. The molecule has 2 aromatic rings. The van der Waals surface area contributed by atoms with E-state index >= 15 is 0 Å². The van der Waals surface area contributed by atoms with E-state index in [1.165, 1.54) is 0 Å². The van der Waals surface area contributed by atoms with Gasteiger partial charge in [0.2, 0.25) is 0 Å². The highest BCUT2D eigenvalue weighted by Crippen LogP contribution is 2.15. The van der Waals surface area contributed by atoms with Crippen molar-refractivity contribution in [2.24, 2.45) is 0 Å². The third-order valence-corrected chi connectivity index (χ3v) is 4.65. The molecule has 0 aromatic heterocycles. The van der Waals surface area contributed by atoms with Crippen LogP contribution in [-0.4, -0.2) is 36.1 Å². The molecule has 1 aliphatic rings. The third kappa shape index (κ3) is 5.16. The van der Waals surface area contributed by atoms with Gasteiger partial charge in [-0.05, 0) is 49.2 Å². The van der Waals surface area contributed by atoms with Crippen molar-refractivity contribution in [3.63, 3.8) is 0 Å². The molecule has 0 spiro atoms. The first-order chi connectivity index (χ1) is 13.0. The Morgan fingerprint density at radius 2 is 1.56 bits per heavy atom. The molecule has 1 saturated heterocycles. The van der Waals surface area contributed by atoms with E-state index in [9.17, 15) is 4.79 Å². The summed E-state index contributed by atoms with van der Waals surface area (Å²) in [5, 5.41) is 12.2. The molecule has 140 valence electrons. The Bertz CT molecular complexity index is 799. The van der Waals surface area contributed by atoms with Gasteiger partial charge in [0.05, 0.1) is 23.8 Å². The standard InChI is InChI=1S/C22H25N3O2/c1-16-14-25(15-17(2)27-16)22(26)21-9-7-20(8-10-21)13-24-12-19-5-3-18(11-23)4-6-19/h3-10,16-17,24H,12-15H2,1-2H3. The number of ether oxygens (including phenoxy) is 1. The average molecular weight is 363 g/mol. The number of nitriles is 1. The maximum absolute atomic E-state index is 12.7. The van der Waals surface area contributed by atoms with E-state index in [4.69, 9.17) is 10.00 Å². The zero-order valence-electron chi connectivity index (χ0n) is 15.8. The molecule has 27 heavy (non-hydrogen) atoms. The number of amides is 1. The summed E-state index contributed by atoms with van der Waals surface area (Å²) in [7, 11) is 0. The van der Waals surface area contributed by atoms with Crippen molar-refractivity contribution in [3.05, 3.63) is 70.8 Å². The predicted octanol–water partition coefficient (Wildman–Crippen LogP) is 3.10. The number of nitrogens with zero attached hydrogens (tertiary/aromatic N) is 2. The molecule has 5 nitrogen and oxygen atoms in total. The molecule has 0 radical (unpaired) electrons. The number of hydrogen-bond acceptors (Lipinski definition) is 4. The van der Waals surface area contributed by atoms with Gasteiger partial charge in [0.25, 0.3) is 5.91 Å². The van der Waals surface area contributed by atoms with E-state index in [2.05, 4.69) is 11.4 Å². The number of morpholine rings is 1. The first-order valence-electron chi connectivity index (χ1n) is 9.28. The molecule has 3 rings (SSSR count). The van der Waals surface area contributed by atoms with Crippen LogP contribution < -0.4 is 5.32 Å². The number of benzene rings is 2. The van der Waals surface area contributed by atoms with Crippen molar-refractivity contribution in [1.82, 2.24) is 10.2 Å². The van der Waals surface area contributed by atoms with Gasteiger partial charge in [-0.3, -0.25) is 4.79 Å². The van der Waals surface area contributed by atoms with Crippen molar-refractivity contribution >= 4 is 5.91 Å². The summed E-state index contributed by atoms with van der Waals surface area (Å²) in [5.41, 5.74) is 3.65. The molecule has 2 aromatic carbocycles. The number of nitrogens with one attached hydrogen (secondary N) is 1. The van der Waals surface area contributed by atoms with Gasteiger partial charge >= 0.3 is 0 Å². The van der Waals surface area contributed by atoms with Crippen LogP contribution in [0.3, 0.4) is 0 Å². The van der Waals surface area contributed by atoms with Crippen LogP contribution in [0.4, 0.5) is 0 Å². The second-order valence-electron chi connectivity index (χ2n) is 7.08. The maximum Gasteiger partial charge on any atom is 0.254 e. The van der Waals surface area contributed by atoms with E-state index < -0.39 is 0 Å². The minimum absolute atomic E-state index is 0.0640. The minimum Gasteiger partial charge on any atom is -0.372 e. The lowest BCUT2D eigenvalue weighted by atomic mass is 10.1. The second-order valence-corrected chi connectivity index (χ2v) is 7.08. The zero-order chi connectivity index (χ0) is 19.2. The van der Waals surface area contributed by atoms with Gasteiger partial charge < -0.3 is 15.0 Å². The number of rotatable bonds is 5. The van der Waals surface area contributed by atoms with Crippen molar-refractivity contribution in [2.75, 3.05) is 13.1 Å². The van der Waals surface area contributed by atoms with Crippen LogP contribution in [0, 0.1) is 11.3 Å². The second kappa shape index (κ2) is 8.81. The van der Waals surface area contributed by atoms with Crippen LogP contribution in [0.15, 0.2) is 48.5 Å². The van der Waals surface area contributed by atoms with Crippen molar-refractivity contribution < 1.29 is 9.53 Å². The van der Waals surface area contributed by atoms with Crippen LogP contribution in [-0.2, 0) is 17.8 Å². The maximum atomic E-state index is 12.7. The van der Waals surface area contributed by atoms with Crippen molar-refractivity contribution in [1.29, 1.82) is 5.26 Å². The topological polar surface area (TPSA) is 65.4 Å². The molecule has 1 fully saturated rings. The highest BCUT2D eigenvalue weighted by Gasteiger charge is 2.26. The molecular weight excluding hydrogens is 338 g/mol. The van der Waals surface area contributed by atoms with Crippen molar-refractivity contribution in [3.8, 4) is 6.07 Å². The molecule has 1 N–H and O–H groups in total. The summed E-state index contributed by atoms with van der Waals surface area (Å²) in [6, 6.07) is 17.5. The van der Waals surface area contributed by atoms with E-state index in [-0.39, 0.29) is 18.1 Å². The number of carbonyl (C=O) groups is 1. The Balaban J connectivity index is 1.52. The first-order valence-corrected chi connectivity index (χ1v) is 9.28. The predicted molar refractivity (Wildman–Crippen MR) is 104 cm³/mol. The van der Waals surface area contributed by atoms with E-state index in [1.807, 2.05) is 67.3 Å². The molecule has 1 amide bonds. The molecular formula is C22H25N3O2. The lowest BCUT2D eigenvalue weighted by Crippen LogP contribution is -2.48. The van der Waals surface area contributed by atoms with Crippen LogP contribution in [0.5, 0.6) is 0 Å². The number of carbonyl (C=O) groups excluding carboxylic acids is 1. The first kappa shape index (κ1) is 19.1.